The van der Waals surface area contributed by atoms with Gasteiger partial charge in [-0.15, -0.1) is 0 Å². The number of ketones is 1. The molecule has 1 aliphatic heterocycles. The number of esters is 1. The number of Topliss-reactive ketones (excluding diaryl/α,β-unsaturated/α-hetero) is 1. The molecule has 1 saturated heterocycles. The minimum atomic E-state index is -0.770. The Morgan fingerprint density at radius 3 is 2.53 bits per heavy atom. The highest BCUT2D eigenvalue weighted by atomic mass is 35.5. The van der Waals surface area contributed by atoms with Gasteiger partial charge in [-0.25, -0.2) is 4.79 Å². The van der Waals surface area contributed by atoms with Crippen molar-refractivity contribution in [2.45, 2.75) is 20.8 Å². The van der Waals surface area contributed by atoms with Crippen LogP contribution >= 0.6 is 11.6 Å². The lowest BCUT2D eigenvalue weighted by Crippen LogP contribution is -2.44. The van der Waals surface area contributed by atoms with Crippen molar-refractivity contribution < 1.29 is 14.3 Å². The minimum Gasteiger partial charge on any atom is -0.454 e. The van der Waals surface area contributed by atoms with Crippen molar-refractivity contribution in [3.8, 4) is 0 Å². The third kappa shape index (κ3) is 7.44. The van der Waals surface area contributed by atoms with Gasteiger partial charge < -0.3 is 21.5 Å². The number of hydrogen-bond donors (Lipinski definition) is 3. The Morgan fingerprint density at radius 2 is 1.90 bits per heavy atom. The van der Waals surface area contributed by atoms with Gasteiger partial charge in [0.15, 0.2) is 6.61 Å². The first-order valence-electron chi connectivity index (χ1n) is 9.60. The zero-order valence-corrected chi connectivity index (χ0v) is 17.4. The SMILES string of the molecule is C.CCC(N)=C(C(=O)OCC(=O)c1ccccc1Cl)C(N)=NCCN1CCNCC1. The van der Waals surface area contributed by atoms with Crippen LogP contribution in [0.1, 0.15) is 31.1 Å². The summed E-state index contributed by atoms with van der Waals surface area (Å²) in [6.45, 7) is 6.29. The maximum Gasteiger partial charge on any atom is 0.344 e. The van der Waals surface area contributed by atoms with E-state index in [1.165, 1.54) is 0 Å². The highest BCUT2D eigenvalue weighted by Crippen LogP contribution is 2.16. The second-order valence-electron chi connectivity index (χ2n) is 6.59. The van der Waals surface area contributed by atoms with Gasteiger partial charge in [-0.2, -0.15) is 0 Å². The lowest BCUT2D eigenvalue weighted by Gasteiger charge is -2.26. The first-order chi connectivity index (χ1) is 13.9. The molecule has 0 saturated carbocycles. The summed E-state index contributed by atoms with van der Waals surface area (Å²) in [7, 11) is 0. The summed E-state index contributed by atoms with van der Waals surface area (Å²) in [6, 6.07) is 6.57. The summed E-state index contributed by atoms with van der Waals surface area (Å²) in [5, 5.41) is 3.58. The molecular weight excluding hydrogens is 406 g/mol. The summed E-state index contributed by atoms with van der Waals surface area (Å²) in [4.78, 5) is 31.4. The number of nitrogens with zero attached hydrogens (tertiary/aromatic N) is 2. The van der Waals surface area contributed by atoms with Gasteiger partial charge in [-0.1, -0.05) is 38.1 Å². The molecule has 1 aromatic rings. The topological polar surface area (TPSA) is 123 Å². The van der Waals surface area contributed by atoms with Crippen molar-refractivity contribution in [1.82, 2.24) is 10.2 Å². The lowest BCUT2D eigenvalue weighted by molar-refractivity contribution is -0.137. The first kappa shape index (κ1) is 25.6. The standard InChI is InChI=1S/C20H28ClN5O3.CH4/c1-2-16(22)18(19(23)25-9-12-26-10-7-24-8-11-26)20(28)29-13-17(27)14-5-3-4-6-15(14)21;/h3-6,24H,2,7-13,22H2,1H3,(H2,23,25);1H4. The zero-order valence-electron chi connectivity index (χ0n) is 16.6. The van der Waals surface area contributed by atoms with Gasteiger partial charge in [0.25, 0.3) is 0 Å². The summed E-state index contributed by atoms with van der Waals surface area (Å²) < 4.78 is 5.15. The smallest absolute Gasteiger partial charge is 0.344 e. The van der Waals surface area contributed by atoms with Gasteiger partial charge in [0.05, 0.1) is 11.6 Å². The fourth-order valence-electron chi connectivity index (χ4n) is 2.87. The van der Waals surface area contributed by atoms with Crippen LogP contribution in [-0.4, -0.2) is 68.4 Å². The molecule has 0 bridgehead atoms. The average molecular weight is 438 g/mol. The fraction of sp³-hybridized carbons (Fsp3) is 0.476. The number of ether oxygens (including phenoxy) is 1. The average Bonchev–Trinajstić information content (AvgIpc) is 2.73. The Hall–Kier alpha value is -2.42. The molecule has 8 nitrogen and oxygen atoms in total. The van der Waals surface area contributed by atoms with E-state index in [4.69, 9.17) is 27.8 Å². The molecule has 0 aromatic heterocycles. The van der Waals surface area contributed by atoms with Gasteiger partial charge in [0.1, 0.15) is 11.4 Å². The van der Waals surface area contributed by atoms with Crippen molar-refractivity contribution in [1.29, 1.82) is 0 Å². The number of rotatable bonds is 9. The number of allylic oxidation sites excluding steroid dienone is 1. The van der Waals surface area contributed by atoms with Gasteiger partial charge in [0, 0.05) is 44.0 Å². The van der Waals surface area contributed by atoms with Crippen molar-refractivity contribution in [3.05, 3.63) is 46.1 Å². The van der Waals surface area contributed by atoms with E-state index < -0.39 is 18.4 Å². The fourth-order valence-corrected chi connectivity index (χ4v) is 3.11. The monoisotopic (exact) mass is 437 g/mol. The summed E-state index contributed by atoms with van der Waals surface area (Å²) in [5.41, 5.74) is 12.6. The maximum atomic E-state index is 12.5. The zero-order chi connectivity index (χ0) is 21.2. The van der Waals surface area contributed by atoms with E-state index in [0.29, 0.717) is 18.0 Å². The van der Waals surface area contributed by atoms with E-state index in [-0.39, 0.29) is 30.1 Å². The number of piperazine rings is 1. The number of aliphatic imine (C=N–C) groups is 1. The Morgan fingerprint density at radius 1 is 1.23 bits per heavy atom. The molecule has 166 valence electrons. The van der Waals surface area contributed by atoms with Gasteiger partial charge in [-0.05, 0) is 18.6 Å². The van der Waals surface area contributed by atoms with E-state index in [2.05, 4.69) is 15.2 Å². The molecule has 2 rings (SSSR count). The minimum absolute atomic E-state index is 0. The van der Waals surface area contributed by atoms with Crippen LogP contribution in [-0.2, 0) is 9.53 Å². The molecule has 1 heterocycles. The van der Waals surface area contributed by atoms with E-state index in [1.54, 1.807) is 31.2 Å². The van der Waals surface area contributed by atoms with Crippen LogP contribution in [0.2, 0.25) is 5.02 Å². The highest BCUT2D eigenvalue weighted by Gasteiger charge is 2.21. The molecule has 0 radical (unpaired) electrons. The number of nitrogens with two attached hydrogens (primary N) is 2. The predicted octanol–water partition coefficient (Wildman–Crippen LogP) is 1.59. The van der Waals surface area contributed by atoms with Gasteiger partial charge >= 0.3 is 5.97 Å². The first-order valence-corrected chi connectivity index (χ1v) is 9.98. The number of carbonyl (C=O) groups is 2. The van der Waals surface area contributed by atoms with Crippen LogP contribution in [0.5, 0.6) is 0 Å². The maximum absolute atomic E-state index is 12.5. The Labute approximate surface area is 183 Å². The van der Waals surface area contributed by atoms with Crippen LogP contribution in [0.3, 0.4) is 0 Å². The number of amidine groups is 1. The molecule has 1 aromatic carbocycles. The number of hydrogen-bond acceptors (Lipinski definition) is 7. The molecule has 9 heteroatoms. The van der Waals surface area contributed by atoms with Crippen molar-refractivity contribution in [3.63, 3.8) is 0 Å². The molecule has 0 unspecified atom stereocenters. The second-order valence-corrected chi connectivity index (χ2v) is 7.00. The molecule has 0 spiro atoms. The number of halogens is 1. The Bertz CT molecular complexity index is 789. The van der Waals surface area contributed by atoms with Crippen LogP contribution in [0, 0.1) is 0 Å². The van der Waals surface area contributed by atoms with Crippen molar-refractivity contribution >= 4 is 29.2 Å². The predicted molar refractivity (Wildman–Crippen MR) is 121 cm³/mol. The number of nitrogens with one attached hydrogen (secondary N) is 1. The second kappa shape index (κ2) is 13.0. The quantitative estimate of drug-likeness (QED) is 0.176. The van der Waals surface area contributed by atoms with Crippen LogP contribution in [0.15, 0.2) is 40.5 Å². The third-order valence-corrected chi connectivity index (χ3v) is 4.91. The van der Waals surface area contributed by atoms with Crippen LogP contribution < -0.4 is 16.8 Å². The number of carbonyl (C=O) groups excluding carboxylic acids is 2. The van der Waals surface area contributed by atoms with E-state index >= 15 is 0 Å². The Balaban J connectivity index is 0.00000450. The summed E-state index contributed by atoms with van der Waals surface area (Å²) in [5.74, 6) is -1.16. The van der Waals surface area contributed by atoms with Crippen LogP contribution in [0.4, 0.5) is 0 Å². The van der Waals surface area contributed by atoms with E-state index in [9.17, 15) is 9.59 Å². The van der Waals surface area contributed by atoms with Crippen LogP contribution in [0.25, 0.3) is 0 Å². The van der Waals surface area contributed by atoms with Crippen molar-refractivity contribution in [2.24, 2.45) is 16.5 Å². The number of benzene rings is 1. The molecule has 1 fully saturated rings. The molecule has 1 aliphatic rings. The van der Waals surface area contributed by atoms with E-state index in [1.807, 2.05) is 0 Å². The summed E-state index contributed by atoms with van der Waals surface area (Å²) in [6.07, 6.45) is 0.400. The molecular formula is C21H32ClN5O3. The molecule has 0 aliphatic carbocycles. The summed E-state index contributed by atoms with van der Waals surface area (Å²) >= 11 is 6.00. The molecule has 0 amide bonds. The van der Waals surface area contributed by atoms with Crippen molar-refractivity contribution in [2.75, 3.05) is 45.9 Å². The normalized spacial score (nSPS) is 15.7. The molecule has 5 N–H and O–H groups in total. The Kier molecular flexibility index (Phi) is 11.1. The lowest BCUT2D eigenvalue weighted by atomic mass is 10.1. The highest BCUT2D eigenvalue weighted by molar-refractivity contribution is 6.34. The van der Waals surface area contributed by atoms with Gasteiger partial charge in [-0.3, -0.25) is 14.7 Å². The molecule has 30 heavy (non-hydrogen) atoms. The largest absolute Gasteiger partial charge is 0.454 e. The van der Waals surface area contributed by atoms with Gasteiger partial charge in [0.2, 0.25) is 5.78 Å². The van der Waals surface area contributed by atoms with E-state index in [0.717, 1.165) is 32.7 Å². The third-order valence-electron chi connectivity index (χ3n) is 4.58. The molecule has 0 atom stereocenters.